The van der Waals surface area contributed by atoms with Crippen LogP contribution in [-0.4, -0.2) is 65.1 Å². The zero-order valence-corrected chi connectivity index (χ0v) is 18.3. The number of hydrogen-bond donors (Lipinski definition) is 0. The van der Waals surface area contributed by atoms with Crippen molar-refractivity contribution in [1.82, 2.24) is 14.7 Å². The Hall–Kier alpha value is -3.03. The number of aromatic nitrogens is 2. The Bertz CT molecular complexity index is 888. The summed E-state index contributed by atoms with van der Waals surface area (Å²) in [4.78, 5) is 28.5. The Kier molecular flexibility index (Phi) is 6.34. The lowest BCUT2D eigenvalue weighted by molar-refractivity contribution is -0.147. The third-order valence-electron chi connectivity index (χ3n) is 4.95. The summed E-state index contributed by atoms with van der Waals surface area (Å²) >= 11 is 0. The maximum absolute atomic E-state index is 12.6. The molecule has 2 heterocycles. The molecule has 0 N–H and O–H groups in total. The van der Waals surface area contributed by atoms with Gasteiger partial charge < -0.3 is 14.4 Å². The van der Waals surface area contributed by atoms with Gasteiger partial charge in [0.2, 0.25) is 0 Å². The smallest absolute Gasteiger partial charge is 0.411 e. The number of ether oxygens (including phenoxy) is 2. The molecule has 0 aliphatic carbocycles. The van der Waals surface area contributed by atoms with Gasteiger partial charge in [-0.2, -0.15) is 5.10 Å². The fraction of sp³-hybridized carbons (Fsp3) is 0.500. The molecule has 2 aromatic rings. The summed E-state index contributed by atoms with van der Waals surface area (Å²) in [6.07, 6.45) is -0.511. The molecule has 162 valence electrons. The number of methoxy groups -OCH3 is 1. The lowest BCUT2D eigenvalue weighted by Crippen LogP contribution is -2.59. The summed E-state index contributed by atoms with van der Waals surface area (Å²) in [7, 11) is 1.33. The Morgan fingerprint density at radius 1 is 1.17 bits per heavy atom. The molecule has 1 aliphatic heterocycles. The van der Waals surface area contributed by atoms with Gasteiger partial charge in [0.1, 0.15) is 5.60 Å². The van der Waals surface area contributed by atoms with Gasteiger partial charge in [-0.3, -0.25) is 9.58 Å². The molecule has 8 heteroatoms. The van der Waals surface area contributed by atoms with Crippen molar-refractivity contribution in [2.45, 2.75) is 45.9 Å². The highest BCUT2D eigenvalue weighted by Crippen LogP contribution is 2.22. The van der Waals surface area contributed by atoms with Crippen LogP contribution >= 0.6 is 0 Å². The van der Waals surface area contributed by atoms with E-state index in [1.807, 2.05) is 40.8 Å². The van der Waals surface area contributed by atoms with E-state index in [0.29, 0.717) is 26.2 Å². The number of aryl methyl sites for hydroxylation is 1. The van der Waals surface area contributed by atoms with E-state index in [-0.39, 0.29) is 0 Å². The summed E-state index contributed by atoms with van der Waals surface area (Å²) < 4.78 is 12.4. The number of piperazine rings is 1. The molecule has 1 unspecified atom stereocenters. The highest BCUT2D eigenvalue weighted by molar-refractivity contribution is 5.82. The van der Waals surface area contributed by atoms with Gasteiger partial charge in [0.05, 0.1) is 20.2 Å². The minimum Gasteiger partial charge on any atom is -0.467 e. The van der Waals surface area contributed by atoms with E-state index >= 15 is 0 Å². The third-order valence-corrected chi connectivity index (χ3v) is 4.95. The Morgan fingerprint density at radius 3 is 2.50 bits per heavy atom. The molecule has 1 saturated heterocycles. The van der Waals surface area contributed by atoms with Gasteiger partial charge in [-0.05, 0) is 33.3 Å². The number of carbonyl (C=O) groups is 2. The maximum atomic E-state index is 12.6. The van der Waals surface area contributed by atoms with Gasteiger partial charge in [0.25, 0.3) is 0 Å². The first-order chi connectivity index (χ1) is 14.2. The zero-order valence-electron chi connectivity index (χ0n) is 18.3. The second kappa shape index (κ2) is 8.77. The van der Waals surface area contributed by atoms with Crippen LogP contribution in [0.3, 0.4) is 0 Å². The van der Waals surface area contributed by atoms with Crippen LogP contribution in [0.15, 0.2) is 36.4 Å². The van der Waals surface area contributed by atoms with E-state index in [1.165, 1.54) is 12.0 Å². The molecular weight excluding hydrogens is 384 g/mol. The van der Waals surface area contributed by atoms with Gasteiger partial charge in [-0.15, -0.1) is 0 Å². The number of benzene rings is 1. The highest BCUT2D eigenvalue weighted by atomic mass is 16.6. The second-order valence-corrected chi connectivity index (χ2v) is 8.45. The Labute approximate surface area is 177 Å². The topological polar surface area (TPSA) is 76.9 Å². The number of carbonyl (C=O) groups excluding carboxylic acids is 2. The van der Waals surface area contributed by atoms with Crippen LogP contribution in [0.4, 0.5) is 10.6 Å². The van der Waals surface area contributed by atoms with E-state index in [2.05, 4.69) is 12.1 Å². The molecule has 0 bridgehead atoms. The Balaban J connectivity index is 1.76. The molecule has 1 aromatic heterocycles. The largest absolute Gasteiger partial charge is 0.467 e. The molecule has 1 fully saturated rings. The van der Waals surface area contributed by atoms with Crippen molar-refractivity contribution >= 4 is 17.9 Å². The van der Waals surface area contributed by atoms with Crippen molar-refractivity contribution in [3.63, 3.8) is 0 Å². The number of anilines is 1. The third kappa shape index (κ3) is 5.11. The normalized spacial score (nSPS) is 17.0. The zero-order chi connectivity index (χ0) is 21.9. The maximum Gasteiger partial charge on any atom is 0.411 e. The standard InChI is InChI=1S/C22H30N4O4/c1-16-13-19(23-26(16)14-17-9-7-6-8-10-17)24-11-12-25(18(15-24)20(27)29-5)21(28)30-22(2,3)4/h6-10,13,18H,11-12,14-15H2,1-5H3. The van der Waals surface area contributed by atoms with Crippen LogP contribution in [0, 0.1) is 6.92 Å². The predicted octanol–water partition coefficient (Wildman–Crippen LogP) is 2.84. The fourth-order valence-corrected chi connectivity index (χ4v) is 3.43. The molecule has 8 nitrogen and oxygen atoms in total. The first-order valence-electron chi connectivity index (χ1n) is 10.1. The fourth-order valence-electron chi connectivity index (χ4n) is 3.43. The minimum absolute atomic E-state index is 0.299. The molecule has 0 saturated carbocycles. The molecule has 3 rings (SSSR count). The summed E-state index contributed by atoms with van der Waals surface area (Å²) in [6.45, 7) is 9.28. The molecule has 0 spiro atoms. The van der Waals surface area contributed by atoms with Crippen LogP contribution in [0.2, 0.25) is 0 Å². The quantitative estimate of drug-likeness (QED) is 0.716. The summed E-state index contributed by atoms with van der Waals surface area (Å²) in [5.74, 6) is 0.312. The van der Waals surface area contributed by atoms with Crippen molar-refractivity contribution in [2.75, 3.05) is 31.6 Å². The number of hydrogen-bond acceptors (Lipinski definition) is 6. The van der Waals surface area contributed by atoms with Gasteiger partial charge in [-0.25, -0.2) is 9.59 Å². The molecule has 1 atom stereocenters. The van der Waals surface area contributed by atoms with Crippen molar-refractivity contribution in [3.8, 4) is 0 Å². The van der Waals surface area contributed by atoms with E-state index in [4.69, 9.17) is 14.6 Å². The highest BCUT2D eigenvalue weighted by Gasteiger charge is 2.39. The van der Waals surface area contributed by atoms with Crippen molar-refractivity contribution in [1.29, 1.82) is 0 Å². The number of esters is 1. The lowest BCUT2D eigenvalue weighted by Gasteiger charge is -2.40. The minimum atomic E-state index is -0.752. The number of rotatable bonds is 4. The number of amides is 1. The average Bonchev–Trinajstić information content (AvgIpc) is 3.06. The lowest BCUT2D eigenvalue weighted by atomic mass is 10.1. The Morgan fingerprint density at radius 2 is 1.87 bits per heavy atom. The van der Waals surface area contributed by atoms with Gasteiger partial charge in [0.15, 0.2) is 11.9 Å². The van der Waals surface area contributed by atoms with Crippen LogP contribution in [0.25, 0.3) is 0 Å². The molecule has 1 aromatic carbocycles. The van der Waals surface area contributed by atoms with Crippen LogP contribution < -0.4 is 4.90 Å². The monoisotopic (exact) mass is 414 g/mol. The van der Waals surface area contributed by atoms with Gasteiger partial charge >= 0.3 is 12.1 Å². The van der Waals surface area contributed by atoms with Crippen molar-refractivity contribution < 1.29 is 19.1 Å². The van der Waals surface area contributed by atoms with Crippen molar-refractivity contribution in [3.05, 3.63) is 47.7 Å². The van der Waals surface area contributed by atoms with E-state index < -0.39 is 23.7 Å². The van der Waals surface area contributed by atoms with E-state index in [0.717, 1.165) is 17.1 Å². The van der Waals surface area contributed by atoms with Gasteiger partial charge in [0, 0.05) is 24.8 Å². The van der Waals surface area contributed by atoms with E-state index in [9.17, 15) is 9.59 Å². The summed E-state index contributed by atoms with van der Waals surface area (Å²) in [6, 6.07) is 11.4. The average molecular weight is 415 g/mol. The molecule has 1 amide bonds. The molecular formula is C22H30N4O4. The molecule has 1 aliphatic rings. The first kappa shape index (κ1) is 21.7. The first-order valence-corrected chi connectivity index (χ1v) is 10.1. The number of nitrogens with zero attached hydrogens (tertiary/aromatic N) is 4. The van der Waals surface area contributed by atoms with Crippen molar-refractivity contribution in [2.24, 2.45) is 0 Å². The summed E-state index contributed by atoms with van der Waals surface area (Å²) in [5, 5.41) is 4.73. The van der Waals surface area contributed by atoms with Crippen LogP contribution in [0.1, 0.15) is 32.0 Å². The molecule has 30 heavy (non-hydrogen) atoms. The molecule has 0 radical (unpaired) electrons. The van der Waals surface area contributed by atoms with Crippen LogP contribution in [-0.2, 0) is 20.8 Å². The second-order valence-electron chi connectivity index (χ2n) is 8.45. The van der Waals surface area contributed by atoms with Crippen LogP contribution in [0.5, 0.6) is 0 Å². The summed E-state index contributed by atoms with van der Waals surface area (Å²) in [5.41, 5.74) is 1.55. The SMILES string of the molecule is COC(=O)C1CN(c2cc(C)n(Cc3ccccc3)n2)CCN1C(=O)OC(C)(C)C. The van der Waals surface area contributed by atoms with E-state index in [1.54, 1.807) is 20.8 Å². The van der Waals surface area contributed by atoms with Gasteiger partial charge in [-0.1, -0.05) is 30.3 Å². The predicted molar refractivity (Wildman–Crippen MR) is 113 cm³/mol.